The van der Waals surface area contributed by atoms with Gasteiger partial charge in [0.1, 0.15) is 0 Å². The van der Waals surface area contributed by atoms with E-state index >= 15 is 0 Å². The van der Waals surface area contributed by atoms with Crippen LogP contribution in [0.1, 0.15) is 53.8 Å². The van der Waals surface area contributed by atoms with Crippen LogP contribution in [0.2, 0.25) is 0 Å². The molecule has 2 N–H and O–H groups in total. The third-order valence-electron chi connectivity index (χ3n) is 3.95. The SMILES string of the molecule is C=C(C)CSC(c1cc(C)ccc1N)c1cccc(C)c1C.CC. The van der Waals surface area contributed by atoms with E-state index in [9.17, 15) is 0 Å². The molecule has 0 aliphatic carbocycles. The molecule has 2 heteroatoms. The fraction of sp³-hybridized carbons (Fsp3) is 0.364. The van der Waals surface area contributed by atoms with Gasteiger partial charge in [0.2, 0.25) is 0 Å². The molecule has 2 aromatic rings. The van der Waals surface area contributed by atoms with Crippen molar-refractivity contribution < 1.29 is 0 Å². The van der Waals surface area contributed by atoms with Crippen molar-refractivity contribution in [1.82, 2.24) is 0 Å². The Morgan fingerprint density at radius 1 is 1.08 bits per heavy atom. The molecule has 1 unspecified atom stereocenters. The van der Waals surface area contributed by atoms with Crippen molar-refractivity contribution >= 4 is 17.4 Å². The monoisotopic (exact) mass is 341 g/mol. The maximum absolute atomic E-state index is 6.29. The van der Waals surface area contributed by atoms with E-state index in [1.54, 1.807) is 0 Å². The van der Waals surface area contributed by atoms with Crippen LogP contribution in [-0.4, -0.2) is 5.75 Å². The number of hydrogen-bond acceptors (Lipinski definition) is 2. The predicted molar refractivity (Wildman–Crippen MR) is 112 cm³/mol. The van der Waals surface area contributed by atoms with Crippen molar-refractivity contribution in [3.05, 3.63) is 76.4 Å². The number of hydrogen-bond donors (Lipinski definition) is 1. The molecule has 24 heavy (non-hydrogen) atoms. The Balaban J connectivity index is 0.00000139. The maximum Gasteiger partial charge on any atom is 0.0572 e. The molecule has 0 spiro atoms. The normalized spacial score (nSPS) is 11.4. The van der Waals surface area contributed by atoms with Crippen LogP contribution in [0.4, 0.5) is 5.69 Å². The van der Waals surface area contributed by atoms with E-state index in [1.165, 1.54) is 33.4 Å². The van der Waals surface area contributed by atoms with Gasteiger partial charge in [-0.3, -0.25) is 0 Å². The zero-order valence-electron chi connectivity index (χ0n) is 15.9. The molecule has 130 valence electrons. The van der Waals surface area contributed by atoms with Gasteiger partial charge < -0.3 is 5.73 Å². The van der Waals surface area contributed by atoms with Gasteiger partial charge in [-0.25, -0.2) is 0 Å². The van der Waals surface area contributed by atoms with Gasteiger partial charge in [-0.1, -0.05) is 61.9 Å². The average molecular weight is 342 g/mol. The summed E-state index contributed by atoms with van der Waals surface area (Å²) >= 11 is 1.90. The molecule has 1 nitrogen and oxygen atoms in total. The van der Waals surface area contributed by atoms with Crippen molar-refractivity contribution in [2.24, 2.45) is 0 Å². The molecule has 0 heterocycles. The molecule has 0 aliphatic heterocycles. The van der Waals surface area contributed by atoms with E-state index in [2.05, 4.69) is 64.6 Å². The summed E-state index contributed by atoms with van der Waals surface area (Å²) in [7, 11) is 0. The summed E-state index contributed by atoms with van der Waals surface area (Å²) in [5.41, 5.74) is 14.8. The minimum absolute atomic E-state index is 0.247. The third-order valence-corrected chi connectivity index (χ3v) is 5.45. The lowest BCUT2D eigenvalue weighted by Crippen LogP contribution is -2.05. The predicted octanol–water partition coefficient (Wildman–Crippen LogP) is 6.62. The van der Waals surface area contributed by atoms with Crippen molar-refractivity contribution in [3.63, 3.8) is 0 Å². The van der Waals surface area contributed by atoms with Crippen LogP contribution in [0, 0.1) is 20.8 Å². The molecule has 2 aromatic carbocycles. The highest BCUT2D eigenvalue weighted by Crippen LogP contribution is 2.41. The van der Waals surface area contributed by atoms with E-state index in [1.807, 2.05) is 31.7 Å². The van der Waals surface area contributed by atoms with Crippen LogP contribution in [0.5, 0.6) is 0 Å². The summed E-state index contributed by atoms with van der Waals surface area (Å²) in [6.45, 7) is 16.6. The van der Waals surface area contributed by atoms with Gasteiger partial charge in [0.25, 0.3) is 0 Å². The number of nitrogen functional groups attached to an aromatic ring is 1. The lowest BCUT2D eigenvalue weighted by molar-refractivity contribution is 1.10. The summed E-state index contributed by atoms with van der Waals surface area (Å²) in [6, 6.07) is 12.8. The quantitative estimate of drug-likeness (QED) is 0.488. The number of nitrogens with two attached hydrogens (primary N) is 1. The number of anilines is 1. The zero-order valence-corrected chi connectivity index (χ0v) is 16.8. The molecular formula is C22H31NS. The molecule has 0 saturated carbocycles. The zero-order chi connectivity index (χ0) is 18.3. The minimum Gasteiger partial charge on any atom is -0.398 e. The highest BCUT2D eigenvalue weighted by molar-refractivity contribution is 7.99. The molecule has 0 radical (unpaired) electrons. The summed E-state index contributed by atoms with van der Waals surface area (Å²) in [5.74, 6) is 0.936. The molecule has 1 atom stereocenters. The van der Waals surface area contributed by atoms with Crippen LogP contribution in [-0.2, 0) is 0 Å². The first-order valence-electron chi connectivity index (χ1n) is 8.58. The minimum atomic E-state index is 0.247. The fourth-order valence-electron chi connectivity index (χ4n) is 2.55. The van der Waals surface area contributed by atoms with Gasteiger partial charge in [-0.15, -0.1) is 11.8 Å². The second kappa shape index (κ2) is 9.58. The van der Waals surface area contributed by atoms with Crippen LogP contribution in [0.15, 0.2) is 48.6 Å². The molecule has 0 aliphatic rings. The Hall–Kier alpha value is -1.67. The van der Waals surface area contributed by atoms with Crippen LogP contribution in [0.25, 0.3) is 0 Å². The van der Waals surface area contributed by atoms with E-state index < -0.39 is 0 Å². The molecule has 0 saturated heterocycles. The first-order valence-corrected chi connectivity index (χ1v) is 9.63. The first-order chi connectivity index (χ1) is 11.4. The summed E-state index contributed by atoms with van der Waals surface area (Å²) in [4.78, 5) is 0. The molecule has 0 fully saturated rings. The lowest BCUT2D eigenvalue weighted by Gasteiger charge is -2.23. The van der Waals surface area contributed by atoms with Crippen LogP contribution >= 0.6 is 11.8 Å². The van der Waals surface area contributed by atoms with Crippen molar-refractivity contribution in [1.29, 1.82) is 0 Å². The van der Waals surface area contributed by atoms with E-state index in [0.29, 0.717) is 0 Å². The van der Waals surface area contributed by atoms with Crippen molar-refractivity contribution in [3.8, 4) is 0 Å². The Morgan fingerprint density at radius 2 is 1.75 bits per heavy atom. The highest BCUT2D eigenvalue weighted by Gasteiger charge is 2.20. The maximum atomic E-state index is 6.29. The largest absolute Gasteiger partial charge is 0.398 e. The van der Waals surface area contributed by atoms with Gasteiger partial charge in [0.15, 0.2) is 0 Å². The van der Waals surface area contributed by atoms with E-state index in [-0.39, 0.29) is 5.25 Å². The number of thioether (sulfide) groups is 1. The Kier molecular flexibility index (Phi) is 8.14. The van der Waals surface area contributed by atoms with Crippen LogP contribution < -0.4 is 5.73 Å². The molecule has 0 bridgehead atoms. The van der Waals surface area contributed by atoms with Crippen LogP contribution in [0.3, 0.4) is 0 Å². The molecule has 0 amide bonds. The first kappa shape index (κ1) is 20.4. The van der Waals surface area contributed by atoms with Gasteiger partial charge >= 0.3 is 0 Å². The average Bonchev–Trinajstić information content (AvgIpc) is 2.56. The van der Waals surface area contributed by atoms with Gasteiger partial charge in [0, 0.05) is 11.4 Å². The van der Waals surface area contributed by atoms with Gasteiger partial charge in [-0.2, -0.15) is 0 Å². The molecule has 2 rings (SSSR count). The lowest BCUT2D eigenvalue weighted by atomic mass is 9.95. The Labute approximate surface area is 152 Å². The smallest absolute Gasteiger partial charge is 0.0572 e. The Morgan fingerprint density at radius 3 is 2.38 bits per heavy atom. The van der Waals surface area contributed by atoms with Crippen molar-refractivity contribution in [2.75, 3.05) is 11.5 Å². The number of aryl methyl sites for hydroxylation is 2. The molecule has 0 aromatic heterocycles. The second-order valence-corrected chi connectivity index (χ2v) is 7.16. The fourth-order valence-corrected chi connectivity index (χ4v) is 3.82. The van der Waals surface area contributed by atoms with E-state index in [4.69, 9.17) is 5.73 Å². The third kappa shape index (κ3) is 5.17. The van der Waals surface area contributed by atoms with Gasteiger partial charge in [-0.05, 0) is 56.0 Å². The van der Waals surface area contributed by atoms with Crippen molar-refractivity contribution in [2.45, 2.75) is 46.8 Å². The summed E-state index contributed by atoms with van der Waals surface area (Å²) in [6.07, 6.45) is 0. The Bertz CT molecular complexity index is 686. The number of benzene rings is 2. The summed E-state index contributed by atoms with van der Waals surface area (Å²) in [5, 5.41) is 0.247. The standard InChI is InChI=1S/C20H25NS.C2H6/c1-13(2)12-22-20(17-8-6-7-15(4)16(17)5)18-11-14(3)9-10-19(18)21;1-2/h6-11,20H,1,12,21H2,2-5H3;1-2H3. The van der Waals surface area contributed by atoms with Gasteiger partial charge in [0.05, 0.1) is 5.25 Å². The highest BCUT2D eigenvalue weighted by atomic mass is 32.2. The second-order valence-electron chi connectivity index (χ2n) is 6.07. The summed E-state index contributed by atoms with van der Waals surface area (Å²) < 4.78 is 0. The van der Waals surface area contributed by atoms with E-state index in [0.717, 1.165) is 11.4 Å². The topological polar surface area (TPSA) is 26.0 Å². The number of rotatable bonds is 5. The molecular weight excluding hydrogens is 310 g/mol.